The fourth-order valence-corrected chi connectivity index (χ4v) is 2.46. The van der Waals surface area contributed by atoms with E-state index in [1.54, 1.807) is 0 Å². The predicted octanol–water partition coefficient (Wildman–Crippen LogP) is 4.63. The molecule has 3 aromatic rings. The molecule has 0 fully saturated rings. The molecule has 0 aromatic heterocycles. The fourth-order valence-electron chi connectivity index (χ4n) is 2.46. The minimum atomic E-state index is 0.710. The second-order valence-corrected chi connectivity index (χ2v) is 5.17. The van der Waals surface area contributed by atoms with Crippen molar-refractivity contribution in [2.75, 3.05) is 5.32 Å². The van der Waals surface area contributed by atoms with Gasteiger partial charge >= 0.3 is 0 Å². The first-order valence-corrected chi connectivity index (χ1v) is 6.98. The zero-order chi connectivity index (χ0) is 14.7. The average molecular weight is 272 g/mol. The normalized spacial score (nSPS) is 10.3. The van der Waals surface area contributed by atoms with Gasteiger partial charge < -0.3 is 5.32 Å². The summed E-state index contributed by atoms with van der Waals surface area (Å²) in [4.78, 5) is 0. The molecule has 0 atom stereocenters. The van der Waals surface area contributed by atoms with Crippen molar-refractivity contribution in [3.63, 3.8) is 0 Å². The molecule has 21 heavy (non-hydrogen) atoms. The Kier molecular flexibility index (Phi) is 3.57. The van der Waals surface area contributed by atoms with Crippen LogP contribution in [0, 0.1) is 18.3 Å². The predicted molar refractivity (Wildman–Crippen MR) is 87.2 cm³/mol. The highest BCUT2D eigenvalue weighted by atomic mass is 14.9. The zero-order valence-corrected chi connectivity index (χ0v) is 11.9. The number of nitrogens with one attached hydrogen (secondary N) is 1. The molecule has 0 spiro atoms. The van der Waals surface area contributed by atoms with Crippen LogP contribution in [0.2, 0.25) is 0 Å². The monoisotopic (exact) mass is 272 g/mol. The van der Waals surface area contributed by atoms with Crippen molar-refractivity contribution < 1.29 is 0 Å². The minimum Gasteiger partial charge on any atom is -0.381 e. The number of nitrogens with zero attached hydrogens (tertiary/aromatic N) is 1. The highest BCUT2D eigenvalue weighted by molar-refractivity contribution is 5.85. The van der Waals surface area contributed by atoms with Gasteiger partial charge in [0.2, 0.25) is 0 Å². The van der Waals surface area contributed by atoms with E-state index in [1.165, 1.54) is 16.3 Å². The summed E-state index contributed by atoms with van der Waals surface area (Å²) in [5.41, 5.74) is 4.17. The zero-order valence-electron chi connectivity index (χ0n) is 11.9. The third kappa shape index (κ3) is 2.88. The summed E-state index contributed by atoms with van der Waals surface area (Å²) in [5, 5.41) is 14.8. The van der Waals surface area contributed by atoms with E-state index in [2.05, 4.69) is 53.9 Å². The van der Waals surface area contributed by atoms with Crippen LogP contribution >= 0.6 is 0 Å². The topological polar surface area (TPSA) is 35.8 Å². The maximum atomic E-state index is 8.90. The van der Waals surface area contributed by atoms with Crippen molar-refractivity contribution in [1.82, 2.24) is 0 Å². The Hall–Kier alpha value is -2.79. The Bertz CT molecular complexity index is 828. The van der Waals surface area contributed by atoms with Gasteiger partial charge in [-0.3, -0.25) is 0 Å². The fraction of sp³-hybridized carbons (Fsp3) is 0.105. The van der Waals surface area contributed by atoms with Gasteiger partial charge in [0.05, 0.1) is 11.6 Å². The van der Waals surface area contributed by atoms with E-state index in [0.29, 0.717) is 5.56 Å². The van der Waals surface area contributed by atoms with Crippen molar-refractivity contribution in [1.29, 1.82) is 5.26 Å². The first-order chi connectivity index (χ1) is 10.3. The summed E-state index contributed by atoms with van der Waals surface area (Å²) in [6, 6.07) is 22.7. The molecular formula is C19H16N2. The third-order valence-corrected chi connectivity index (χ3v) is 3.70. The molecule has 0 radical (unpaired) electrons. The molecule has 1 N–H and O–H groups in total. The lowest BCUT2D eigenvalue weighted by molar-refractivity contribution is 1.12. The molecule has 0 unspecified atom stereocenters. The largest absolute Gasteiger partial charge is 0.381 e. The van der Waals surface area contributed by atoms with Crippen LogP contribution in [0.3, 0.4) is 0 Å². The summed E-state index contributed by atoms with van der Waals surface area (Å²) in [5.74, 6) is 0. The molecule has 2 nitrogen and oxygen atoms in total. The molecule has 0 aliphatic carbocycles. The number of benzene rings is 3. The maximum absolute atomic E-state index is 8.90. The van der Waals surface area contributed by atoms with E-state index in [9.17, 15) is 0 Å². The molecule has 0 bridgehead atoms. The Morgan fingerprint density at radius 3 is 2.52 bits per heavy atom. The molecule has 0 saturated heterocycles. The maximum Gasteiger partial charge on any atom is 0.0991 e. The van der Waals surface area contributed by atoms with Gasteiger partial charge in [-0.1, -0.05) is 36.4 Å². The highest BCUT2D eigenvalue weighted by Crippen LogP contribution is 2.20. The van der Waals surface area contributed by atoms with Gasteiger partial charge in [-0.25, -0.2) is 0 Å². The van der Waals surface area contributed by atoms with Crippen LogP contribution in [0.5, 0.6) is 0 Å². The van der Waals surface area contributed by atoms with E-state index in [4.69, 9.17) is 5.26 Å². The van der Waals surface area contributed by atoms with Gasteiger partial charge in [-0.15, -0.1) is 0 Å². The number of aryl methyl sites for hydroxylation is 1. The van der Waals surface area contributed by atoms with Crippen molar-refractivity contribution in [2.45, 2.75) is 13.5 Å². The molecule has 3 aromatic carbocycles. The van der Waals surface area contributed by atoms with Crippen LogP contribution in [0.15, 0.2) is 60.7 Å². The summed E-state index contributed by atoms with van der Waals surface area (Å²) in [6.45, 7) is 2.80. The Morgan fingerprint density at radius 1 is 0.952 bits per heavy atom. The second kappa shape index (κ2) is 5.68. The van der Waals surface area contributed by atoms with E-state index < -0.39 is 0 Å². The second-order valence-electron chi connectivity index (χ2n) is 5.17. The van der Waals surface area contributed by atoms with Crippen molar-refractivity contribution >= 4 is 16.5 Å². The van der Waals surface area contributed by atoms with Crippen LogP contribution in [0.25, 0.3) is 10.8 Å². The number of rotatable bonds is 3. The summed E-state index contributed by atoms with van der Waals surface area (Å²) < 4.78 is 0. The summed E-state index contributed by atoms with van der Waals surface area (Å²) in [7, 11) is 0. The van der Waals surface area contributed by atoms with Gasteiger partial charge in [0.1, 0.15) is 0 Å². The van der Waals surface area contributed by atoms with Crippen LogP contribution in [0.4, 0.5) is 5.69 Å². The van der Waals surface area contributed by atoms with Gasteiger partial charge in [-0.2, -0.15) is 5.26 Å². The smallest absolute Gasteiger partial charge is 0.0991 e. The van der Waals surface area contributed by atoms with Crippen LogP contribution in [-0.2, 0) is 6.54 Å². The number of hydrogen-bond donors (Lipinski definition) is 1. The van der Waals surface area contributed by atoms with E-state index in [0.717, 1.165) is 17.8 Å². The Labute approximate surface area is 124 Å². The van der Waals surface area contributed by atoms with Crippen molar-refractivity contribution in [2.24, 2.45) is 0 Å². The molecule has 3 rings (SSSR count). The lowest BCUT2D eigenvalue weighted by Crippen LogP contribution is -2.01. The lowest BCUT2D eigenvalue weighted by atomic mass is 10.1. The third-order valence-electron chi connectivity index (χ3n) is 3.70. The molecule has 2 heteroatoms. The summed E-state index contributed by atoms with van der Waals surface area (Å²) >= 11 is 0. The first-order valence-electron chi connectivity index (χ1n) is 6.98. The van der Waals surface area contributed by atoms with Crippen molar-refractivity contribution in [3.8, 4) is 6.07 Å². The molecule has 102 valence electrons. The van der Waals surface area contributed by atoms with Gasteiger partial charge in [0.15, 0.2) is 0 Å². The Balaban J connectivity index is 1.78. The standard InChI is InChI=1S/C19H16N2/c1-14-10-15(12-20)6-7-18(14)13-21-19-9-8-16-4-2-3-5-17(16)11-19/h2-11,21H,13H2,1H3. The number of nitriles is 1. The van der Waals surface area contributed by atoms with E-state index >= 15 is 0 Å². The van der Waals surface area contributed by atoms with Crippen molar-refractivity contribution in [3.05, 3.63) is 77.4 Å². The van der Waals surface area contributed by atoms with E-state index in [1.807, 2.05) is 25.1 Å². The van der Waals surface area contributed by atoms with Crippen LogP contribution < -0.4 is 5.32 Å². The molecule has 0 aliphatic rings. The first kappa shape index (κ1) is 13.2. The number of anilines is 1. The van der Waals surface area contributed by atoms with Crippen LogP contribution in [-0.4, -0.2) is 0 Å². The quantitative estimate of drug-likeness (QED) is 0.754. The van der Waals surface area contributed by atoms with Gasteiger partial charge in [0.25, 0.3) is 0 Å². The molecule has 0 saturated carbocycles. The number of fused-ring (bicyclic) bond motifs is 1. The highest BCUT2D eigenvalue weighted by Gasteiger charge is 2.01. The van der Waals surface area contributed by atoms with Gasteiger partial charge in [0, 0.05) is 12.2 Å². The van der Waals surface area contributed by atoms with Gasteiger partial charge in [-0.05, 0) is 53.1 Å². The Morgan fingerprint density at radius 2 is 1.76 bits per heavy atom. The molecule has 0 amide bonds. The molecule has 0 heterocycles. The lowest BCUT2D eigenvalue weighted by Gasteiger charge is -2.10. The van der Waals surface area contributed by atoms with E-state index in [-0.39, 0.29) is 0 Å². The minimum absolute atomic E-state index is 0.710. The SMILES string of the molecule is Cc1cc(C#N)ccc1CNc1ccc2ccccc2c1. The molecular weight excluding hydrogens is 256 g/mol. The van der Waals surface area contributed by atoms with Crippen LogP contribution in [0.1, 0.15) is 16.7 Å². The number of hydrogen-bond acceptors (Lipinski definition) is 2. The average Bonchev–Trinajstić information content (AvgIpc) is 2.53. The summed E-state index contributed by atoms with van der Waals surface area (Å²) in [6.07, 6.45) is 0. The molecule has 0 aliphatic heterocycles.